The molecular formula is C17H22ClN3O3. The Kier molecular flexibility index (Phi) is 4.69. The molecule has 0 bridgehead atoms. The van der Waals surface area contributed by atoms with E-state index in [9.17, 15) is 9.59 Å². The van der Waals surface area contributed by atoms with Crippen molar-refractivity contribution < 1.29 is 9.21 Å². The quantitative estimate of drug-likeness (QED) is 0.871. The number of nitrogens with one attached hydrogen (secondary N) is 2. The molecule has 0 radical (unpaired) electrons. The molecule has 1 aromatic heterocycles. The van der Waals surface area contributed by atoms with Gasteiger partial charge in [-0.3, -0.25) is 9.36 Å². The van der Waals surface area contributed by atoms with Gasteiger partial charge in [-0.25, -0.2) is 4.79 Å². The second kappa shape index (κ2) is 6.61. The number of carbonyl (C=O) groups is 1. The minimum absolute atomic E-state index is 0. The SMILES string of the molecule is Cl.Cn1c(=O)oc2ccc(NC(=O)C3CC4CCCCC4N3)cc21. The fourth-order valence-corrected chi connectivity index (χ4v) is 3.95. The Morgan fingerprint density at radius 1 is 1.33 bits per heavy atom. The molecule has 2 fully saturated rings. The third-order valence-corrected chi connectivity index (χ3v) is 5.24. The molecule has 1 aliphatic carbocycles. The molecule has 1 amide bonds. The predicted molar refractivity (Wildman–Crippen MR) is 94.6 cm³/mol. The van der Waals surface area contributed by atoms with E-state index in [0.29, 0.717) is 28.7 Å². The Labute approximate surface area is 146 Å². The van der Waals surface area contributed by atoms with Gasteiger partial charge < -0.3 is 15.1 Å². The number of anilines is 1. The van der Waals surface area contributed by atoms with Crippen molar-refractivity contribution in [1.82, 2.24) is 9.88 Å². The molecule has 1 saturated heterocycles. The molecule has 1 aromatic carbocycles. The van der Waals surface area contributed by atoms with Crippen LogP contribution in [0.15, 0.2) is 27.4 Å². The Morgan fingerprint density at radius 3 is 2.92 bits per heavy atom. The smallest absolute Gasteiger partial charge is 0.408 e. The van der Waals surface area contributed by atoms with Crippen LogP contribution < -0.4 is 16.4 Å². The summed E-state index contributed by atoms with van der Waals surface area (Å²) in [6.45, 7) is 0. The highest BCUT2D eigenvalue weighted by Crippen LogP contribution is 2.33. The third-order valence-electron chi connectivity index (χ3n) is 5.24. The summed E-state index contributed by atoms with van der Waals surface area (Å²) in [6, 6.07) is 5.64. The van der Waals surface area contributed by atoms with E-state index in [2.05, 4.69) is 10.6 Å². The van der Waals surface area contributed by atoms with E-state index in [-0.39, 0.29) is 24.4 Å². The second-order valence-electron chi connectivity index (χ2n) is 6.70. The van der Waals surface area contributed by atoms with E-state index in [0.717, 1.165) is 6.42 Å². The van der Waals surface area contributed by atoms with E-state index >= 15 is 0 Å². The highest BCUT2D eigenvalue weighted by molar-refractivity contribution is 5.96. The molecule has 2 heterocycles. The van der Waals surface area contributed by atoms with Crippen LogP contribution in [0.5, 0.6) is 0 Å². The van der Waals surface area contributed by atoms with Gasteiger partial charge in [0, 0.05) is 18.8 Å². The third kappa shape index (κ3) is 2.96. The summed E-state index contributed by atoms with van der Waals surface area (Å²) in [4.78, 5) is 24.0. The number of aromatic nitrogens is 1. The summed E-state index contributed by atoms with van der Waals surface area (Å²) < 4.78 is 6.54. The summed E-state index contributed by atoms with van der Waals surface area (Å²) in [5.41, 5.74) is 1.90. The van der Waals surface area contributed by atoms with E-state index in [1.54, 1.807) is 25.2 Å². The number of carbonyl (C=O) groups excluding carboxylic acids is 1. The molecule has 3 atom stereocenters. The van der Waals surface area contributed by atoms with Crippen molar-refractivity contribution in [3.05, 3.63) is 28.7 Å². The van der Waals surface area contributed by atoms with Crippen LogP contribution in [0.1, 0.15) is 32.1 Å². The zero-order chi connectivity index (χ0) is 16.0. The Hall–Kier alpha value is -1.79. The van der Waals surface area contributed by atoms with Gasteiger partial charge >= 0.3 is 5.76 Å². The summed E-state index contributed by atoms with van der Waals surface area (Å²) >= 11 is 0. The summed E-state index contributed by atoms with van der Waals surface area (Å²) in [7, 11) is 1.66. The topological polar surface area (TPSA) is 76.3 Å². The highest BCUT2D eigenvalue weighted by atomic mass is 35.5. The molecule has 6 nitrogen and oxygen atoms in total. The molecule has 2 aromatic rings. The minimum atomic E-state index is -0.398. The first-order valence-electron chi connectivity index (χ1n) is 8.28. The standard InChI is InChI=1S/C17H21N3O3.ClH/c1-20-14-9-11(6-7-15(14)23-17(20)22)18-16(21)13-8-10-4-2-3-5-12(10)19-13;/h6-7,9-10,12-13,19H,2-5,8H2,1H3,(H,18,21);1H. The van der Waals surface area contributed by atoms with Crippen molar-refractivity contribution in [1.29, 1.82) is 0 Å². The lowest BCUT2D eigenvalue weighted by Crippen LogP contribution is -2.39. The van der Waals surface area contributed by atoms with Crippen LogP contribution in [-0.4, -0.2) is 22.6 Å². The first kappa shape index (κ1) is 17.0. The van der Waals surface area contributed by atoms with Crippen molar-refractivity contribution in [2.75, 3.05) is 5.32 Å². The lowest BCUT2D eigenvalue weighted by Gasteiger charge is -2.24. The molecule has 2 N–H and O–H groups in total. The molecule has 4 rings (SSSR count). The fraction of sp³-hybridized carbons (Fsp3) is 0.529. The van der Waals surface area contributed by atoms with Crippen LogP contribution in [0.2, 0.25) is 0 Å². The van der Waals surface area contributed by atoms with Crippen molar-refractivity contribution in [2.24, 2.45) is 13.0 Å². The molecule has 24 heavy (non-hydrogen) atoms. The molecule has 7 heteroatoms. The van der Waals surface area contributed by atoms with Gasteiger partial charge in [-0.1, -0.05) is 12.8 Å². The largest absolute Gasteiger partial charge is 0.419 e. The average Bonchev–Trinajstić information content (AvgIpc) is 3.10. The predicted octanol–water partition coefficient (Wildman–Crippen LogP) is 2.41. The van der Waals surface area contributed by atoms with Gasteiger partial charge in [0.25, 0.3) is 0 Å². The Balaban J connectivity index is 0.00000169. The number of benzene rings is 1. The maximum atomic E-state index is 12.5. The van der Waals surface area contributed by atoms with E-state index in [1.165, 1.54) is 30.3 Å². The number of nitrogens with zero attached hydrogens (tertiary/aromatic N) is 1. The summed E-state index contributed by atoms with van der Waals surface area (Å²) in [5, 5.41) is 6.44. The fourth-order valence-electron chi connectivity index (χ4n) is 3.95. The number of amides is 1. The van der Waals surface area contributed by atoms with Crippen LogP contribution in [0.3, 0.4) is 0 Å². The van der Waals surface area contributed by atoms with Crippen LogP contribution in [0.4, 0.5) is 5.69 Å². The molecule has 1 saturated carbocycles. The van der Waals surface area contributed by atoms with Gasteiger partial charge in [-0.2, -0.15) is 0 Å². The molecular weight excluding hydrogens is 330 g/mol. The van der Waals surface area contributed by atoms with Gasteiger partial charge in [0.2, 0.25) is 5.91 Å². The van der Waals surface area contributed by atoms with Crippen molar-refractivity contribution >= 4 is 35.1 Å². The number of rotatable bonds is 2. The van der Waals surface area contributed by atoms with E-state index in [4.69, 9.17) is 4.42 Å². The normalized spacial score (nSPS) is 26.0. The van der Waals surface area contributed by atoms with Crippen molar-refractivity contribution in [2.45, 2.75) is 44.2 Å². The van der Waals surface area contributed by atoms with Crippen molar-refractivity contribution in [3.63, 3.8) is 0 Å². The van der Waals surface area contributed by atoms with Crippen LogP contribution >= 0.6 is 12.4 Å². The van der Waals surface area contributed by atoms with E-state index in [1.807, 2.05) is 0 Å². The molecule has 2 aliphatic rings. The zero-order valence-corrected chi connectivity index (χ0v) is 14.4. The van der Waals surface area contributed by atoms with Gasteiger partial charge in [0.1, 0.15) is 0 Å². The van der Waals surface area contributed by atoms with Gasteiger partial charge in [0.15, 0.2) is 5.58 Å². The monoisotopic (exact) mass is 351 g/mol. The summed E-state index contributed by atoms with van der Waals surface area (Å²) in [6.07, 6.45) is 5.86. The number of hydrogen-bond acceptors (Lipinski definition) is 4. The van der Waals surface area contributed by atoms with Gasteiger partial charge in [0.05, 0.1) is 11.6 Å². The number of oxazole rings is 1. The molecule has 1 aliphatic heterocycles. The van der Waals surface area contributed by atoms with Crippen molar-refractivity contribution in [3.8, 4) is 0 Å². The van der Waals surface area contributed by atoms with Gasteiger partial charge in [-0.05, 0) is 43.4 Å². The maximum Gasteiger partial charge on any atom is 0.419 e. The lowest BCUT2D eigenvalue weighted by molar-refractivity contribution is -0.117. The number of hydrogen-bond donors (Lipinski definition) is 2. The number of fused-ring (bicyclic) bond motifs is 2. The number of aryl methyl sites for hydroxylation is 1. The lowest BCUT2D eigenvalue weighted by atomic mass is 9.85. The molecule has 130 valence electrons. The first-order chi connectivity index (χ1) is 11.1. The average molecular weight is 352 g/mol. The minimum Gasteiger partial charge on any atom is -0.408 e. The molecule has 3 unspecified atom stereocenters. The summed E-state index contributed by atoms with van der Waals surface area (Å²) in [5.74, 6) is 0.244. The van der Waals surface area contributed by atoms with Crippen LogP contribution in [0, 0.1) is 5.92 Å². The maximum absolute atomic E-state index is 12.5. The van der Waals surface area contributed by atoms with Crippen LogP contribution in [-0.2, 0) is 11.8 Å². The van der Waals surface area contributed by atoms with E-state index < -0.39 is 5.76 Å². The Bertz CT molecular complexity index is 799. The Morgan fingerprint density at radius 2 is 2.12 bits per heavy atom. The zero-order valence-electron chi connectivity index (χ0n) is 13.6. The first-order valence-corrected chi connectivity index (χ1v) is 8.28. The molecule has 0 spiro atoms. The van der Waals surface area contributed by atoms with Gasteiger partial charge in [-0.15, -0.1) is 12.4 Å². The highest BCUT2D eigenvalue weighted by Gasteiger charge is 2.38. The van der Waals surface area contributed by atoms with Crippen LogP contribution in [0.25, 0.3) is 11.1 Å². The second-order valence-corrected chi connectivity index (χ2v) is 6.70. The number of halogens is 1.